The van der Waals surface area contributed by atoms with E-state index >= 15 is 0 Å². The Labute approximate surface area is 102 Å². The molecule has 1 aliphatic carbocycles. The molecule has 1 aliphatic rings. The van der Waals surface area contributed by atoms with E-state index in [-0.39, 0.29) is 0 Å². The van der Waals surface area contributed by atoms with Crippen molar-refractivity contribution in [2.24, 2.45) is 11.8 Å². The molecule has 0 radical (unpaired) electrons. The fourth-order valence-electron chi connectivity index (χ4n) is 2.49. The van der Waals surface area contributed by atoms with Crippen LogP contribution >= 0.6 is 0 Å². The second kappa shape index (κ2) is 5.87. The molecule has 4 nitrogen and oxygen atoms in total. The van der Waals surface area contributed by atoms with Crippen molar-refractivity contribution in [2.45, 2.75) is 19.3 Å². The summed E-state index contributed by atoms with van der Waals surface area (Å²) in [4.78, 5) is 4.31. The van der Waals surface area contributed by atoms with Crippen LogP contribution in [0.5, 0.6) is 5.88 Å². The number of hydrogen-bond donors (Lipinski definition) is 2. The number of methoxy groups -OCH3 is 1. The first kappa shape index (κ1) is 12.2. The summed E-state index contributed by atoms with van der Waals surface area (Å²) >= 11 is 0. The second-order valence-electron chi connectivity index (χ2n) is 4.58. The van der Waals surface area contributed by atoms with E-state index in [0.29, 0.717) is 24.3 Å². The van der Waals surface area contributed by atoms with E-state index in [0.717, 1.165) is 18.8 Å². The van der Waals surface area contributed by atoms with Crippen LogP contribution in [0.3, 0.4) is 0 Å². The van der Waals surface area contributed by atoms with Crippen molar-refractivity contribution in [1.29, 1.82) is 0 Å². The number of anilines is 1. The monoisotopic (exact) mass is 236 g/mol. The molecule has 94 valence electrons. The largest absolute Gasteiger partial charge is 0.481 e. The van der Waals surface area contributed by atoms with Crippen molar-refractivity contribution in [1.82, 2.24) is 4.98 Å². The van der Waals surface area contributed by atoms with Gasteiger partial charge in [-0.25, -0.2) is 0 Å². The van der Waals surface area contributed by atoms with Gasteiger partial charge < -0.3 is 15.2 Å². The fraction of sp³-hybridized carbons (Fsp3) is 0.615. The van der Waals surface area contributed by atoms with E-state index in [1.807, 2.05) is 18.2 Å². The number of ether oxygens (including phenoxy) is 1. The molecule has 2 N–H and O–H groups in total. The van der Waals surface area contributed by atoms with Crippen molar-refractivity contribution >= 4 is 5.82 Å². The van der Waals surface area contributed by atoms with Gasteiger partial charge >= 0.3 is 0 Å². The van der Waals surface area contributed by atoms with Crippen LogP contribution in [0.2, 0.25) is 0 Å². The normalized spacial score (nSPS) is 23.6. The molecule has 2 rings (SSSR count). The highest BCUT2D eigenvalue weighted by molar-refractivity contribution is 5.37. The molecule has 1 fully saturated rings. The van der Waals surface area contributed by atoms with Crippen LogP contribution < -0.4 is 10.1 Å². The molecule has 2 atom stereocenters. The van der Waals surface area contributed by atoms with E-state index < -0.39 is 0 Å². The predicted molar refractivity (Wildman–Crippen MR) is 67.2 cm³/mol. The molecule has 4 heteroatoms. The van der Waals surface area contributed by atoms with E-state index in [1.54, 1.807) is 7.11 Å². The minimum Gasteiger partial charge on any atom is -0.481 e. The average molecular weight is 236 g/mol. The zero-order valence-corrected chi connectivity index (χ0v) is 10.2. The highest BCUT2D eigenvalue weighted by atomic mass is 16.5. The molecular formula is C13H20N2O2. The van der Waals surface area contributed by atoms with Crippen LogP contribution in [0.1, 0.15) is 19.3 Å². The number of pyridine rings is 1. The Bertz CT molecular complexity index is 357. The smallest absolute Gasteiger partial charge is 0.214 e. The summed E-state index contributed by atoms with van der Waals surface area (Å²) in [6, 6.07) is 5.69. The lowest BCUT2D eigenvalue weighted by atomic mass is 9.97. The van der Waals surface area contributed by atoms with Gasteiger partial charge in [-0.15, -0.1) is 0 Å². The first-order valence-electron chi connectivity index (χ1n) is 6.19. The van der Waals surface area contributed by atoms with Crippen LogP contribution in [0.25, 0.3) is 0 Å². The molecule has 0 aliphatic heterocycles. The number of nitrogens with one attached hydrogen (secondary N) is 1. The van der Waals surface area contributed by atoms with E-state index in [2.05, 4.69) is 10.3 Å². The van der Waals surface area contributed by atoms with Crippen LogP contribution in [0, 0.1) is 11.8 Å². The molecular weight excluding hydrogens is 216 g/mol. The lowest BCUT2D eigenvalue weighted by Gasteiger charge is -2.18. The summed E-state index contributed by atoms with van der Waals surface area (Å²) in [6.07, 6.45) is 3.57. The summed E-state index contributed by atoms with van der Waals surface area (Å²) in [5.74, 6) is 2.48. The van der Waals surface area contributed by atoms with Crippen LogP contribution in [-0.4, -0.2) is 30.4 Å². The summed E-state index contributed by atoms with van der Waals surface area (Å²) in [7, 11) is 1.62. The Morgan fingerprint density at radius 3 is 3.00 bits per heavy atom. The van der Waals surface area contributed by atoms with Crippen molar-refractivity contribution in [3.05, 3.63) is 18.2 Å². The minimum atomic E-state index is 0.303. The maximum Gasteiger partial charge on any atom is 0.214 e. The highest BCUT2D eigenvalue weighted by Gasteiger charge is 2.26. The van der Waals surface area contributed by atoms with Crippen LogP contribution in [0.4, 0.5) is 5.82 Å². The second-order valence-corrected chi connectivity index (χ2v) is 4.58. The van der Waals surface area contributed by atoms with Gasteiger partial charge in [0.15, 0.2) is 0 Å². The number of aliphatic hydroxyl groups is 1. The molecule has 0 aromatic carbocycles. The van der Waals surface area contributed by atoms with Crippen LogP contribution in [-0.2, 0) is 0 Å². The SMILES string of the molecule is COc1cccc(NCC2CCCC2CO)n1. The zero-order chi connectivity index (χ0) is 12.1. The lowest BCUT2D eigenvalue weighted by molar-refractivity contribution is 0.199. The topological polar surface area (TPSA) is 54.4 Å². The Hall–Kier alpha value is -1.29. The minimum absolute atomic E-state index is 0.303. The highest BCUT2D eigenvalue weighted by Crippen LogP contribution is 2.31. The summed E-state index contributed by atoms with van der Waals surface area (Å²) in [5.41, 5.74) is 0. The molecule has 17 heavy (non-hydrogen) atoms. The Balaban J connectivity index is 1.88. The number of aromatic nitrogens is 1. The molecule has 0 spiro atoms. The number of rotatable bonds is 5. The first-order valence-corrected chi connectivity index (χ1v) is 6.19. The molecule has 0 bridgehead atoms. The first-order chi connectivity index (χ1) is 8.33. The fourth-order valence-corrected chi connectivity index (χ4v) is 2.49. The maximum atomic E-state index is 9.25. The molecule has 0 amide bonds. The number of nitrogens with zero attached hydrogens (tertiary/aromatic N) is 1. The maximum absolute atomic E-state index is 9.25. The average Bonchev–Trinajstić information content (AvgIpc) is 2.84. The standard InChI is InChI=1S/C13H20N2O2/c1-17-13-7-3-6-12(15-13)14-8-10-4-2-5-11(10)9-16/h3,6-7,10-11,16H,2,4-5,8-9H2,1H3,(H,14,15). The van der Waals surface area contributed by atoms with Gasteiger partial charge in [-0.3, -0.25) is 0 Å². The third kappa shape index (κ3) is 3.09. The van der Waals surface area contributed by atoms with Gasteiger partial charge in [0.1, 0.15) is 5.82 Å². The predicted octanol–water partition coefficient (Wildman–Crippen LogP) is 1.91. The van der Waals surface area contributed by atoms with E-state index in [4.69, 9.17) is 4.74 Å². The van der Waals surface area contributed by atoms with Crippen molar-refractivity contribution in [3.63, 3.8) is 0 Å². The van der Waals surface area contributed by atoms with Gasteiger partial charge in [0.05, 0.1) is 7.11 Å². The van der Waals surface area contributed by atoms with Gasteiger partial charge in [0.25, 0.3) is 0 Å². The molecule has 1 aromatic rings. The zero-order valence-electron chi connectivity index (χ0n) is 10.2. The van der Waals surface area contributed by atoms with Gasteiger partial charge in [0.2, 0.25) is 5.88 Å². The van der Waals surface area contributed by atoms with Gasteiger partial charge in [-0.1, -0.05) is 12.5 Å². The Kier molecular flexibility index (Phi) is 4.20. The molecule has 2 unspecified atom stereocenters. The Morgan fingerprint density at radius 1 is 1.41 bits per heavy atom. The van der Waals surface area contributed by atoms with E-state index in [9.17, 15) is 5.11 Å². The van der Waals surface area contributed by atoms with Gasteiger partial charge in [-0.2, -0.15) is 4.98 Å². The molecule has 1 aromatic heterocycles. The summed E-state index contributed by atoms with van der Waals surface area (Å²) in [5, 5.41) is 12.6. The summed E-state index contributed by atoms with van der Waals surface area (Å²) in [6.45, 7) is 1.18. The van der Waals surface area contributed by atoms with Crippen molar-refractivity contribution < 1.29 is 9.84 Å². The Morgan fingerprint density at radius 2 is 2.24 bits per heavy atom. The molecule has 1 saturated carbocycles. The summed E-state index contributed by atoms with van der Waals surface area (Å²) < 4.78 is 5.08. The van der Waals surface area contributed by atoms with E-state index in [1.165, 1.54) is 12.8 Å². The number of hydrogen-bond acceptors (Lipinski definition) is 4. The van der Waals surface area contributed by atoms with Crippen LogP contribution in [0.15, 0.2) is 18.2 Å². The van der Waals surface area contributed by atoms with Gasteiger partial charge in [-0.05, 0) is 30.7 Å². The molecule has 1 heterocycles. The third-order valence-corrected chi connectivity index (χ3v) is 3.53. The lowest BCUT2D eigenvalue weighted by Crippen LogP contribution is -2.21. The van der Waals surface area contributed by atoms with Gasteiger partial charge in [0, 0.05) is 19.2 Å². The number of aliphatic hydroxyl groups excluding tert-OH is 1. The van der Waals surface area contributed by atoms with Crippen molar-refractivity contribution in [2.75, 3.05) is 25.6 Å². The molecule has 0 saturated heterocycles. The third-order valence-electron chi connectivity index (χ3n) is 3.53. The quantitative estimate of drug-likeness (QED) is 0.820. The van der Waals surface area contributed by atoms with Crippen molar-refractivity contribution in [3.8, 4) is 5.88 Å².